The number of carbonyl (C=O) groups is 2. The van der Waals surface area contributed by atoms with Crippen molar-refractivity contribution in [3.05, 3.63) is 35.9 Å². The van der Waals surface area contributed by atoms with E-state index in [4.69, 9.17) is 9.47 Å². The molecule has 5 heteroatoms. The van der Waals surface area contributed by atoms with Crippen molar-refractivity contribution in [2.45, 2.75) is 52.2 Å². The first-order chi connectivity index (χ1) is 11.3. The average Bonchev–Trinajstić information content (AvgIpc) is 2.52. The summed E-state index contributed by atoms with van der Waals surface area (Å²) < 4.78 is 10.7. The first kappa shape index (κ1) is 18.3. The van der Waals surface area contributed by atoms with Gasteiger partial charge in [-0.3, -0.25) is 4.79 Å². The van der Waals surface area contributed by atoms with Crippen molar-refractivity contribution in [1.82, 2.24) is 4.90 Å². The topological polar surface area (TPSA) is 55.8 Å². The minimum atomic E-state index is -0.501. The molecule has 24 heavy (non-hydrogen) atoms. The fourth-order valence-electron chi connectivity index (χ4n) is 2.76. The van der Waals surface area contributed by atoms with Gasteiger partial charge in [-0.05, 0) is 45.1 Å². The lowest BCUT2D eigenvalue weighted by atomic mass is 9.95. The second-order valence-corrected chi connectivity index (χ2v) is 7.29. The summed E-state index contributed by atoms with van der Waals surface area (Å²) in [4.78, 5) is 25.9. The molecule has 2 rings (SSSR count). The van der Waals surface area contributed by atoms with E-state index < -0.39 is 5.60 Å². The molecule has 1 aliphatic rings. The summed E-state index contributed by atoms with van der Waals surface area (Å²) in [6.07, 6.45) is 1.85. The Hall–Kier alpha value is -2.04. The average molecular weight is 333 g/mol. The molecule has 0 radical (unpaired) electrons. The van der Waals surface area contributed by atoms with E-state index in [9.17, 15) is 9.59 Å². The predicted octanol–water partition coefficient (Wildman–Crippen LogP) is 3.77. The minimum Gasteiger partial charge on any atom is -0.461 e. The molecule has 1 atom stereocenters. The minimum absolute atomic E-state index is 0.134. The molecule has 0 N–H and O–H groups in total. The number of ether oxygens (including phenoxy) is 2. The SMILES string of the molecule is CC(C)(C)OC(=O)N1CCC[C@@H](CC(=O)OCc2ccccc2)C1. The van der Waals surface area contributed by atoms with Crippen LogP contribution in [0.1, 0.15) is 45.6 Å². The summed E-state index contributed by atoms with van der Waals surface area (Å²) in [7, 11) is 0. The Balaban J connectivity index is 1.77. The maximum atomic E-state index is 12.1. The number of amides is 1. The van der Waals surface area contributed by atoms with Crippen molar-refractivity contribution in [2.75, 3.05) is 13.1 Å². The van der Waals surface area contributed by atoms with Crippen LogP contribution in [0.2, 0.25) is 0 Å². The third-order valence-electron chi connectivity index (χ3n) is 3.87. The summed E-state index contributed by atoms with van der Waals surface area (Å²) in [5, 5.41) is 0. The van der Waals surface area contributed by atoms with E-state index >= 15 is 0 Å². The van der Waals surface area contributed by atoms with Gasteiger partial charge in [0.05, 0.1) is 6.42 Å². The highest BCUT2D eigenvalue weighted by atomic mass is 16.6. The molecule has 5 nitrogen and oxygen atoms in total. The maximum Gasteiger partial charge on any atom is 0.410 e. The number of piperidine rings is 1. The fourth-order valence-corrected chi connectivity index (χ4v) is 2.76. The van der Waals surface area contributed by atoms with Gasteiger partial charge in [-0.2, -0.15) is 0 Å². The third-order valence-corrected chi connectivity index (χ3v) is 3.87. The third kappa shape index (κ3) is 6.22. The number of hydrogen-bond donors (Lipinski definition) is 0. The van der Waals surface area contributed by atoms with Crippen molar-refractivity contribution in [3.63, 3.8) is 0 Å². The van der Waals surface area contributed by atoms with Gasteiger partial charge >= 0.3 is 12.1 Å². The Kier molecular flexibility index (Phi) is 6.23. The van der Waals surface area contributed by atoms with Crippen LogP contribution in [0.25, 0.3) is 0 Å². The standard InChI is InChI=1S/C19H27NO4/c1-19(2,3)24-18(22)20-11-7-10-16(13-20)12-17(21)23-14-15-8-5-4-6-9-15/h4-6,8-9,16H,7,10-14H2,1-3H3/t16-/m0/s1. The highest BCUT2D eigenvalue weighted by molar-refractivity contribution is 5.70. The van der Waals surface area contributed by atoms with Gasteiger partial charge in [0.1, 0.15) is 12.2 Å². The monoisotopic (exact) mass is 333 g/mol. The van der Waals surface area contributed by atoms with Crippen LogP contribution in [0.5, 0.6) is 0 Å². The summed E-state index contributed by atoms with van der Waals surface area (Å²) in [6, 6.07) is 9.63. The lowest BCUT2D eigenvalue weighted by Crippen LogP contribution is -2.43. The van der Waals surface area contributed by atoms with Crippen molar-refractivity contribution >= 4 is 12.1 Å². The molecule has 0 spiro atoms. The Bertz CT molecular complexity index is 550. The Labute approximate surface area is 143 Å². The number of carbonyl (C=O) groups excluding carboxylic acids is 2. The van der Waals surface area contributed by atoms with Crippen molar-refractivity contribution in [3.8, 4) is 0 Å². The molecule has 0 aliphatic carbocycles. The van der Waals surface area contributed by atoms with E-state index in [1.807, 2.05) is 51.1 Å². The number of nitrogens with zero attached hydrogens (tertiary/aromatic N) is 1. The van der Waals surface area contributed by atoms with Crippen LogP contribution in [-0.4, -0.2) is 35.7 Å². The van der Waals surface area contributed by atoms with Gasteiger partial charge in [0.15, 0.2) is 0 Å². The van der Waals surface area contributed by atoms with E-state index in [-0.39, 0.29) is 18.0 Å². The Morgan fingerprint density at radius 1 is 1.21 bits per heavy atom. The molecule has 1 aromatic rings. The van der Waals surface area contributed by atoms with Crippen LogP contribution in [0.15, 0.2) is 30.3 Å². The lowest BCUT2D eigenvalue weighted by Gasteiger charge is -2.33. The van der Waals surface area contributed by atoms with Crippen molar-refractivity contribution in [2.24, 2.45) is 5.92 Å². The van der Waals surface area contributed by atoms with E-state index in [1.54, 1.807) is 4.90 Å². The summed E-state index contributed by atoms with van der Waals surface area (Å²) in [6.45, 7) is 7.09. The maximum absolute atomic E-state index is 12.1. The van der Waals surface area contributed by atoms with Gasteiger partial charge in [0.2, 0.25) is 0 Å². The summed E-state index contributed by atoms with van der Waals surface area (Å²) in [5.74, 6) is -0.0792. The second-order valence-electron chi connectivity index (χ2n) is 7.29. The smallest absolute Gasteiger partial charge is 0.410 e. The Morgan fingerprint density at radius 2 is 1.92 bits per heavy atom. The number of esters is 1. The molecule has 0 saturated carbocycles. The largest absolute Gasteiger partial charge is 0.461 e. The summed E-state index contributed by atoms with van der Waals surface area (Å²) in [5.41, 5.74) is 0.475. The van der Waals surface area contributed by atoms with Gasteiger partial charge in [-0.15, -0.1) is 0 Å². The fraction of sp³-hybridized carbons (Fsp3) is 0.579. The Morgan fingerprint density at radius 3 is 2.58 bits per heavy atom. The van der Waals surface area contributed by atoms with Crippen LogP contribution < -0.4 is 0 Å². The zero-order chi connectivity index (χ0) is 17.6. The number of likely N-dealkylation sites (tertiary alicyclic amines) is 1. The van der Waals surface area contributed by atoms with E-state index in [0.717, 1.165) is 18.4 Å². The lowest BCUT2D eigenvalue weighted by molar-refractivity contribution is -0.146. The van der Waals surface area contributed by atoms with Gasteiger partial charge in [0.25, 0.3) is 0 Å². The molecule has 1 aliphatic heterocycles. The molecule has 0 bridgehead atoms. The van der Waals surface area contributed by atoms with E-state index in [1.165, 1.54) is 0 Å². The van der Waals surface area contributed by atoms with Gasteiger partial charge in [-0.25, -0.2) is 4.79 Å². The van der Waals surface area contributed by atoms with Crippen molar-refractivity contribution in [1.29, 1.82) is 0 Å². The molecule has 132 valence electrons. The highest BCUT2D eigenvalue weighted by Gasteiger charge is 2.28. The van der Waals surface area contributed by atoms with Gasteiger partial charge < -0.3 is 14.4 Å². The first-order valence-corrected chi connectivity index (χ1v) is 8.51. The summed E-state index contributed by atoms with van der Waals surface area (Å²) >= 11 is 0. The van der Waals surface area contributed by atoms with E-state index in [0.29, 0.717) is 26.1 Å². The normalized spacial score (nSPS) is 18.1. The second kappa shape index (κ2) is 8.18. The molecule has 1 amide bonds. The molecular formula is C19H27NO4. The molecule has 1 fully saturated rings. The van der Waals surface area contributed by atoms with Gasteiger partial charge in [0, 0.05) is 13.1 Å². The van der Waals surface area contributed by atoms with Gasteiger partial charge in [-0.1, -0.05) is 30.3 Å². The molecule has 0 aromatic heterocycles. The van der Waals surface area contributed by atoms with Crippen LogP contribution >= 0.6 is 0 Å². The molecule has 1 heterocycles. The number of rotatable bonds is 4. The zero-order valence-electron chi connectivity index (χ0n) is 14.8. The molecule has 0 unspecified atom stereocenters. The van der Waals surface area contributed by atoms with Crippen molar-refractivity contribution < 1.29 is 19.1 Å². The predicted molar refractivity (Wildman–Crippen MR) is 91.4 cm³/mol. The van der Waals surface area contributed by atoms with Crippen LogP contribution in [-0.2, 0) is 20.9 Å². The zero-order valence-corrected chi connectivity index (χ0v) is 14.8. The van der Waals surface area contributed by atoms with E-state index in [2.05, 4.69) is 0 Å². The molecule has 1 saturated heterocycles. The molecular weight excluding hydrogens is 306 g/mol. The van der Waals surface area contributed by atoms with Crippen LogP contribution in [0.4, 0.5) is 4.79 Å². The van der Waals surface area contributed by atoms with Crippen LogP contribution in [0.3, 0.4) is 0 Å². The first-order valence-electron chi connectivity index (χ1n) is 8.51. The highest BCUT2D eigenvalue weighted by Crippen LogP contribution is 2.22. The quantitative estimate of drug-likeness (QED) is 0.787. The number of benzene rings is 1. The number of hydrogen-bond acceptors (Lipinski definition) is 4. The van der Waals surface area contributed by atoms with Crippen LogP contribution in [0, 0.1) is 5.92 Å². The molecule has 1 aromatic carbocycles.